The maximum Gasteiger partial charge on any atom is 0.318 e. The normalized spacial score (nSPS) is 28.8. The van der Waals surface area contributed by atoms with E-state index in [4.69, 9.17) is 0 Å². The highest BCUT2D eigenvalue weighted by molar-refractivity contribution is 5.78. The number of nitrogens with zero attached hydrogens (tertiary/aromatic N) is 2. The Morgan fingerprint density at radius 3 is 2.46 bits per heavy atom. The van der Waals surface area contributed by atoms with Crippen LogP contribution in [0.1, 0.15) is 52.0 Å². The number of hydrogen-bond donors (Lipinski definition) is 2. The Hall–Kier alpha value is -2.06. The first-order chi connectivity index (χ1) is 12.3. The van der Waals surface area contributed by atoms with Crippen LogP contribution in [-0.2, 0) is 5.54 Å². The second kappa shape index (κ2) is 6.92. The van der Waals surface area contributed by atoms with Crippen molar-refractivity contribution in [3.63, 3.8) is 0 Å². The Morgan fingerprint density at radius 2 is 1.88 bits per heavy atom. The van der Waals surface area contributed by atoms with Crippen molar-refractivity contribution in [3.05, 3.63) is 35.9 Å². The van der Waals surface area contributed by atoms with E-state index in [1.54, 1.807) is 0 Å². The molecule has 2 fully saturated rings. The summed E-state index contributed by atoms with van der Waals surface area (Å²) >= 11 is 0. The predicted molar refractivity (Wildman–Crippen MR) is 102 cm³/mol. The summed E-state index contributed by atoms with van der Waals surface area (Å²) in [6.07, 6.45) is 3.90. The Labute approximate surface area is 156 Å². The fraction of sp³-hybridized carbons (Fsp3) is 0.619. The number of nitrogens with one attached hydrogen (secondary N) is 2. The first-order valence-corrected chi connectivity index (χ1v) is 9.63. The molecule has 1 saturated carbocycles. The molecule has 5 nitrogen and oxygen atoms in total. The van der Waals surface area contributed by atoms with E-state index in [2.05, 4.69) is 54.0 Å². The zero-order chi connectivity index (χ0) is 18.8. The minimum atomic E-state index is -0.519. The van der Waals surface area contributed by atoms with E-state index in [0.717, 1.165) is 32.2 Å². The van der Waals surface area contributed by atoms with Crippen LogP contribution in [-0.4, -0.2) is 36.1 Å². The SMILES string of the molecule is CCN[C@]1(c2ccccc2)CC[C@@]2(CC1)CN(CC(C)(C)C#N)C(=O)N2. The van der Waals surface area contributed by atoms with Gasteiger partial charge < -0.3 is 15.5 Å². The molecule has 3 rings (SSSR count). The molecule has 1 aromatic carbocycles. The van der Waals surface area contributed by atoms with Crippen LogP contribution in [0.3, 0.4) is 0 Å². The van der Waals surface area contributed by atoms with Crippen LogP contribution in [0.25, 0.3) is 0 Å². The summed E-state index contributed by atoms with van der Waals surface area (Å²) in [4.78, 5) is 14.3. The third kappa shape index (κ3) is 3.57. The number of amides is 2. The highest BCUT2D eigenvalue weighted by Crippen LogP contribution is 2.43. The standard InChI is InChI=1S/C21H30N4O/c1-4-23-21(17-8-6-5-7-9-17)12-10-20(11-13-21)16-25(18(26)24-20)15-19(2,3)14-22/h5-9,23H,4,10-13,15-16H2,1-3H3,(H,24,26)/t20-,21-. The van der Waals surface area contributed by atoms with Crippen LogP contribution in [0.4, 0.5) is 4.79 Å². The second-order valence-electron chi connectivity index (χ2n) is 8.54. The van der Waals surface area contributed by atoms with Gasteiger partial charge in [-0.15, -0.1) is 0 Å². The van der Waals surface area contributed by atoms with Crippen LogP contribution in [0.2, 0.25) is 0 Å². The molecule has 1 aromatic rings. The van der Waals surface area contributed by atoms with E-state index < -0.39 is 5.41 Å². The highest BCUT2D eigenvalue weighted by Gasteiger charge is 2.49. The monoisotopic (exact) mass is 354 g/mol. The molecule has 0 unspecified atom stereocenters. The number of hydrogen-bond acceptors (Lipinski definition) is 3. The molecule has 1 saturated heterocycles. The van der Waals surface area contributed by atoms with Gasteiger partial charge in [-0.05, 0) is 51.6 Å². The minimum absolute atomic E-state index is 0.00860. The van der Waals surface area contributed by atoms with Gasteiger partial charge in [-0.1, -0.05) is 37.3 Å². The molecule has 0 radical (unpaired) electrons. The molecule has 0 bridgehead atoms. The van der Waals surface area contributed by atoms with Crippen molar-refractivity contribution in [2.24, 2.45) is 5.41 Å². The number of nitriles is 1. The van der Waals surface area contributed by atoms with Gasteiger partial charge in [0.25, 0.3) is 0 Å². The van der Waals surface area contributed by atoms with E-state index in [9.17, 15) is 10.1 Å². The summed E-state index contributed by atoms with van der Waals surface area (Å²) in [5, 5.41) is 16.2. The Balaban J connectivity index is 1.73. The number of rotatable bonds is 5. The van der Waals surface area contributed by atoms with Crippen LogP contribution in [0, 0.1) is 16.7 Å². The molecular weight excluding hydrogens is 324 g/mol. The van der Waals surface area contributed by atoms with Crippen molar-refractivity contribution in [1.29, 1.82) is 5.26 Å². The van der Waals surface area contributed by atoms with Gasteiger partial charge in [0.1, 0.15) is 0 Å². The molecule has 1 spiro atoms. The van der Waals surface area contributed by atoms with Gasteiger partial charge in [0, 0.05) is 18.6 Å². The Morgan fingerprint density at radius 1 is 1.23 bits per heavy atom. The highest BCUT2D eigenvalue weighted by atomic mass is 16.2. The van der Waals surface area contributed by atoms with E-state index in [-0.39, 0.29) is 17.1 Å². The van der Waals surface area contributed by atoms with Gasteiger partial charge in [-0.25, -0.2) is 4.79 Å². The number of carbonyl (C=O) groups is 1. The molecule has 2 aliphatic rings. The molecule has 0 atom stereocenters. The first kappa shape index (κ1) is 18.7. The number of benzene rings is 1. The van der Waals surface area contributed by atoms with Crippen molar-refractivity contribution in [2.45, 2.75) is 57.5 Å². The van der Waals surface area contributed by atoms with E-state index >= 15 is 0 Å². The summed E-state index contributed by atoms with van der Waals surface area (Å²) in [6.45, 7) is 8.03. The summed E-state index contributed by atoms with van der Waals surface area (Å²) < 4.78 is 0. The Bertz CT molecular complexity index is 684. The molecule has 140 valence electrons. The summed E-state index contributed by atoms with van der Waals surface area (Å²) in [7, 11) is 0. The summed E-state index contributed by atoms with van der Waals surface area (Å²) in [5.41, 5.74) is 0.653. The van der Waals surface area contributed by atoms with Crippen molar-refractivity contribution in [3.8, 4) is 6.07 Å². The zero-order valence-corrected chi connectivity index (χ0v) is 16.1. The second-order valence-corrected chi connectivity index (χ2v) is 8.54. The van der Waals surface area contributed by atoms with E-state index in [1.165, 1.54) is 5.56 Å². The van der Waals surface area contributed by atoms with E-state index in [0.29, 0.717) is 13.1 Å². The van der Waals surface area contributed by atoms with Crippen molar-refractivity contribution >= 4 is 6.03 Å². The van der Waals surface area contributed by atoms with Crippen LogP contribution in [0.5, 0.6) is 0 Å². The van der Waals surface area contributed by atoms with Crippen molar-refractivity contribution < 1.29 is 4.79 Å². The molecule has 5 heteroatoms. The maximum atomic E-state index is 12.5. The van der Waals surface area contributed by atoms with Gasteiger partial charge in [0.2, 0.25) is 0 Å². The van der Waals surface area contributed by atoms with Crippen LogP contribution < -0.4 is 10.6 Å². The van der Waals surface area contributed by atoms with Crippen LogP contribution in [0.15, 0.2) is 30.3 Å². The molecule has 1 aliphatic heterocycles. The molecular formula is C21H30N4O. The van der Waals surface area contributed by atoms with Crippen LogP contribution >= 0.6 is 0 Å². The third-order valence-electron chi connectivity index (χ3n) is 5.94. The number of urea groups is 1. The summed E-state index contributed by atoms with van der Waals surface area (Å²) in [5.74, 6) is 0. The lowest BCUT2D eigenvalue weighted by Gasteiger charge is -2.45. The number of carbonyl (C=O) groups excluding carboxylic acids is 1. The largest absolute Gasteiger partial charge is 0.331 e. The zero-order valence-electron chi connectivity index (χ0n) is 16.1. The maximum absolute atomic E-state index is 12.5. The lowest BCUT2D eigenvalue weighted by molar-refractivity contribution is 0.149. The predicted octanol–water partition coefficient (Wildman–Crippen LogP) is 3.38. The van der Waals surface area contributed by atoms with E-state index in [1.807, 2.05) is 18.7 Å². The fourth-order valence-corrected chi connectivity index (χ4v) is 4.52. The Kier molecular flexibility index (Phi) is 4.98. The topological polar surface area (TPSA) is 68.2 Å². The van der Waals surface area contributed by atoms with Gasteiger partial charge in [0.05, 0.1) is 17.0 Å². The summed E-state index contributed by atoms with van der Waals surface area (Å²) in [6, 6.07) is 12.9. The minimum Gasteiger partial charge on any atom is -0.331 e. The first-order valence-electron chi connectivity index (χ1n) is 9.63. The third-order valence-corrected chi connectivity index (χ3v) is 5.94. The lowest BCUT2D eigenvalue weighted by Crippen LogP contribution is -2.54. The quantitative estimate of drug-likeness (QED) is 0.852. The van der Waals surface area contributed by atoms with Crippen molar-refractivity contribution in [2.75, 3.05) is 19.6 Å². The molecule has 0 aromatic heterocycles. The van der Waals surface area contributed by atoms with Crippen molar-refractivity contribution in [1.82, 2.24) is 15.5 Å². The van der Waals surface area contributed by atoms with Gasteiger partial charge in [-0.3, -0.25) is 0 Å². The molecule has 1 heterocycles. The fourth-order valence-electron chi connectivity index (χ4n) is 4.52. The smallest absolute Gasteiger partial charge is 0.318 e. The average Bonchev–Trinajstić information content (AvgIpc) is 2.93. The van der Waals surface area contributed by atoms with Gasteiger partial charge in [-0.2, -0.15) is 5.26 Å². The average molecular weight is 354 g/mol. The molecule has 2 amide bonds. The molecule has 2 N–H and O–H groups in total. The molecule has 26 heavy (non-hydrogen) atoms. The lowest BCUT2D eigenvalue weighted by atomic mass is 9.69. The molecule has 1 aliphatic carbocycles. The van der Waals surface area contributed by atoms with Gasteiger partial charge >= 0.3 is 6.03 Å². The van der Waals surface area contributed by atoms with Gasteiger partial charge in [0.15, 0.2) is 0 Å².